The molecule has 0 aliphatic carbocycles. The van der Waals surface area contributed by atoms with Gasteiger partial charge in [-0.2, -0.15) is 0 Å². The molecule has 0 fully saturated rings. The van der Waals surface area contributed by atoms with Gasteiger partial charge in [0.2, 0.25) is 11.8 Å². The molecule has 2 rings (SSSR count). The van der Waals surface area contributed by atoms with Crippen LogP contribution in [0.2, 0.25) is 0 Å². The molecule has 1 N–H and O–H groups in total. The molecule has 3 radical (unpaired) electrons. The fourth-order valence-electron chi connectivity index (χ4n) is 1.55. The number of carbonyl (C=O) groups excluding carboxylic acids is 1. The number of esters is 1. The third-order valence-corrected chi connectivity index (χ3v) is 2.58. The van der Waals surface area contributed by atoms with Crippen molar-refractivity contribution in [3.05, 3.63) is 47.8 Å². The monoisotopic (exact) mass is 325 g/mol. The fourth-order valence-corrected chi connectivity index (χ4v) is 1.55. The molecule has 123 valence electrons. The summed E-state index contributed by atoms with van der Waals surface area (Å²) in [7, 11) is 4.30. The van der Waals surface area contributed by atoms with E-state index in [1.165, 1.54) is 21.3 Å². The first kappa shape index (κ1) is 24.2. The summed E-state index contributed by atoms with van der Waals surface area (Å²) in [6.07, 6.45) is 3.17. The van der Waals surface area contributed by atoms with Crippen molar-refractivity contribution in [2.45, 2.75) is 6.61 Å². The summed E-state index contributed by atoms with van der Waals surface area (Å²) in [6, 6.07) is 6.77. The Bertz CT molecular complexity index is 599. The van der Waals surface area contributed by atoms with Crippen LogP contribution < -0.4 is 28.3 Å². The molecular weight excluding hydrogens is 306 g/mol. The van der Waals surface area contributed by atoms with E-state index in [0.29, 0.717) is 17.0 Å². The molecule has 2 heterocycles. The van der Waals surface area contributed by atoms with Gasteiger partial charge < -0.3 is 20.7 Å². The zero-order valence-corrected chi connectivity index (χ0v) is 14.2. The summed E-state index contributed by atoms with van der Waals surface area (Å²) in [5.74, 6) is 0.328. The summed E-state index contributed by atoms with van der Waals surface area (Å²) in [5, 5.41) is 8.73. The average molecular weight is 325 g/mol. The van der Waals surface area contributed by atoms with Gasteiger partial charge in [-0.1, -0.05) is 0 Å². The summed E-state index contributed by atoms with van der Waals surface area (Å²) < 4.78 is 14.2. The van der Waals surface area contributed by atoms with Gasteiger partial charge in [0.05, 0.1) is 27.9 Å². The molecule has 0 saturated carbocycles. The van der Waals surface area contributed by atoms with E-state index in [4.69, 9.17) is 14.6 Å². The van der Waals surface area contributed by atoms with Crippen LogP contribution in [0, 0.1) is 0 Å². The van der Waals surface area contributed by atoms with Gasteiger partial charge in [-0.15, -0.1) is 0 Å². The molecule has 0 saturated heterocycles. The number of carbonyl (C=O) groups is 1. The zero-order valence-electron chi connectivity index (χ0n) is 15.2. The first-order valence-electron chi connectivity index (χ1n) is 6.34. The Labute approximate surface area is 156 Å². The minimum absolute atomic E-state index is 0. The van der Waals surface area contributed by atoms with Gasteiger partial charge in [-0.3, -0.25) is 0 Å². The molecule has 2 aromatic rings. The van der Waals surface area contributed by atoms with Crippen molar-refractivity contribution in [2.75, 3.05) is 21.3 Å². The van der Waals surface area contributed by atoms with Crippen molar-refractivity contribution >= 4 is 14.4 Å². The second-order valence-corrected chi connectivity index (χ2v) is 3.88. The molecule has 9 heteroatoms. The van der Waals surface area contributed by atoms with Crippen LogP contribution in [0.1, 0.15) is 17.3 Å². The van der Waals surface area contributed by atoms with E-state index in [1.54, 1.807) is 36.7 Å². The van der Waals surface area contributed by atoms with Gasteiger partial charge in [-0.25, -0.2) is 14.8 Å². The van der Waals surface area contributed by atoms with E-state index in [-0.39, 0.29) is 41.2 Å². The van der Waals surface area contributed by atoms with Crippen LogP contribution in [-0.4, -0.2) is 50.8 Å². The predicted octanol–water partition coefficient (Wildman–Crippen LogP) is -1.80. The van der Waals surface area contributed by atoms with Gasteiger partial charge in [-0.05, 0) is 24.3 Å². The Morgan fingerprint density at radius 2 is 1.62 bits per heavy atom. The Hall–Kier alpha value is -2.01. The second-order valence-electron chi connectivity index (χ2n) is 3.88. The van der Waals surface area contributed by atoms with Crippen molar-refractivity contribution < 1.29 is 44.4 Å². The van der Waals surface area contributed by atoms with E-state index in [1.807, 2.05) is 0 Å². The van der Waals surface area contributed by atoms with E-state index >= 15 is 0 Å². The van der Waals surface area contributed by atoms with Crippen LogP contribution in [0.3, 0.4) is 0 Å². The van der Waals surface area contributed by atoms with Crippen LogP contribution in [-0.2, 0) is 11.3 Å². The molecule has 0 amide bonds. The minimum atomic E-state index is -0.444. The maximum absolute atomic E-state index is 11.1. The van der Waals surface area contributed by atoms with Crippen molar-refractivity contribution in [1.29, 1.82) is 0 Å². The fraction of sp³-hybridized carbons (Fsp3) is 0.267. The van der Waals surface area contributed by atoms with E-state index < -0.39 is 5.97 Å². The van der Waals surface area contributed by atoms with Gasteiger partial charge in [0.15, 0.2) is 0 Å². The van der Waals surface area contributed by atoms with Crippen LogP contribution in [0.5, 0.6) is 11.8 Å². The van der Waals surface area contributed by atoms with Crippen molar-refractivity contribution in [3.8, 4) is 11.8 Å². The SMILES string of the molecule is COC(=O)c1cccnc1OC.COc1ncccc1CO.[B].[H-].[Li+]. The molecule has 0 aromatic carbocycles. The maximum Gasteiger partial charge on any atom is 1.00 e. The van der Waals surface area contributed by atoms with Crippen LogP contribution in [0.4, 0.5) is 0 Å². The predicted molar refractivity (Wildman–Crippen MR) is 85.7 cm³/mol. The first-order valence-corrected chi connectivity index (χ1v) is 6.34. The number of ether oxygens (including phenoxy) is 3. The Balaban J connectivity index is -0.000000350. The maximum atomic E-state index is 11.1. The number of hydrogen-bond donors (Lipinski definition) is 1. The van der Waals surface area contributed by atoms with Crippen molar-refractivity contribution in [1.82, 2.24) is 9.97 Å². The van der Waals surface area contributed by atoms with E-state index in [2.05, 4.69) is 14.7 Å². The molecule has 0 bridgehead atoms. The number of aromatic nitrogens is 2. The van der Waals surface area contributed by atoms with Crippen LogP contribution >= 0.6 is 0 Å². The molecule has 7 nitrogen and oxygen atoms in total. The number of rotatable bonds is 4. The third kappa shape index (κ3) is 7.05. The Morgan fingerprint density at radius 1 is 1.08 bits per heavy atom. The molecule has 0 aliphatic heterocycles. The summed E-state index contributed by atoms with van der Waals surface area (Å²) in [5.41, 5.74) is 1.05. The smallest absolute Gasteiger partial charge is 1.00 e. The van der Waals surface area contributed by atoms with Gasteiger partial charge >= 0.3 is 24.8 Å². The Kier molecular flexibility index (Phi) is 13.6. The minimum Gasteiger partial charge on any atom is -1.00 e. The molecule has 24 heavy (non-hydrogen) atoms. The number of hydrogen-bond acceptors (Lipinski definition) is 7. The molecule has 2 aromatic heterocycles. The molecule has 0 unspecified atom stereocenters. The Morgan fingerprint density at radius 3 is 2.08 bits per heavy atom. The van der Waals surface area contributed by atoms with Crippen LogP contribution in [0.25, 0.3) is 0 Å². The summed E-state index contributed by atoms with van der Waals surface area (Å²) in [4.78, 5) is 18.8. The second kappa shape index (κ2) is 13.4. The van der Waals surface area contributed by atoms with Crippen molar-refractivity contribution in [2.24, 2.45) is 0 Å². The number of aliphatic hydroxyl groups excluding tert-OH is 1. The largest absolute Gasteiger partial charge is 1.00 e. The quantitative estimate of drug-likeness (QED) is 0.524. The molecule has 0 spiro atoms. The molecular formula is C15H19BLiN2O5. The number of methoxy groups -OCH3 is 3. The average Bonchev–Trinajstić information content (AvgIpc) is 2.61. The standard InChI is InChI=1S/C8H9NO3.C7H9NO2.B.Li.H/c1-11-7-6(8(10)12-2)4-3-5-9-7;1-10-7-6(5-9)3-2-4-8-7;;;/h3-5H,1-2H3;2-4,9H,5H2,1H3;;;/q;;;+1;-1. The first-order chi connectivity index (χ1) is 10.7. The van der Waals surface area contributed by atoms with Crippen molar-refractivity contribution in [3.63, 3.8) is 0 Å². The molecule has 0 atom stereocenters. The summed E-state index contributed by atoms with van der Waals surface area (Å²) in [6.45, 7) is -0.0307. The van der Waals surface area contributed by atoms with Gasteiger partial charge in [0.1, 0.15) is 5.56 Å². The van der Waals surface area contributed by atoms with Gasteiger partial charge in [0, 0.05) is 26.4 Å². The number of aliphatic hydroxyl groups is 1. The normalized spacial score (nSPS) is 8.50. The number of nitrogens with zero attached hydrogens (tertiary/aromatic N) is 2. The van der Waals surface area contributed by atoms with E-state index in [0.717, 1.165) is 0 Å². The van der Waals surface area contributed by atoms with E-state index in [9.17, 15) is 4.79 Å². The topological polar surface area (TPSA) is 90.8 Å². The van der Waals surface area contributed by atoms with Crippen LogP contribution in [0.15, 0.2) is 36.7 Å². The molecule has 0 aliphatic rings. The number of pyridine rings is 2. The zero-order chi connectivity index (χ0) is 16.4. The third-order valence-electron chi connectivity index (χ3n) is 2.58. The summed E-state index contributed by atoms with van der Waals surface area (Å²) >= 11 is 0. The van der Waals surface area contributed by atoms with Gasteiger partial charge in [0.25, 0.3) is 0 Å².